The van der Waals surface area contributed by atoms with Crippen molar-refractivity contribution in [2.24, 2.45) is 0 Å². The maximum absolute atomic E-state index is 6.06. The van der Waals surface area contributed by atoms with Gasteiger partial charge in [-0.05, 0) is 61.7 Å². The lowest BCUT2D eigenvalue weighted by atomic mass is 9.93. The Labute approximate surface area is 184 Å². The predicted octanol–water partition coefficient (Wildman–Crippen LogP) is 5.85. The van der Waals surface area contributed by atoms with E-state index in [1.54, 1.807) is 5.57 Å². The molecule has 0 fully saturated rings. The van der Waals surface area contributed by atoms with E-state index in [1.807, 2.05) is 43.3 Å². The van der Waals surface area contributed by atoms with Crippen LogP contribution in [0.15, 0.2) is 64.6 Å². The lowest BCUT2D eigenvalue weighted by Gasteiger charge is -2.21. The van der Waals surface area contributed by atoms with Crippen molar-refractivity contribution < 1.29 is 9.15 Å². The number of hydrogen-bond acceptors (Lipinski definition) is 4. The molecule has 0 radical (unpaired) electrons. The molecule has 0 saturated carbocycles. The second-order valence-corrected chi connectivity index (χ2v) is 7.38. The summed E-state index contributed by atoms with van der Waals surface area (Å²) in [6.07, 6.45) is 2.96. The summed E-state index contributed by atoms with van der Waals surface area (Å²) < 4.78 is 11.9. The zero-order valence-corrected chi connectivity index (χ0v) is 18.4. The first-order chi connectivity index (χ1) is 14.2. The minimum absolute atomic E-state index is 0. The molecule has 0 unspecified atom stereocenters. The summed E-state index contributed by atoms with van der Waals surface area (Å²) in [6, 6.07) is 18.4. The van der Waals surface area contributed by atoms with Gasteiger partial charge in [0.2, 0.25) is 5.89 Å². The molecule has 1 aliphatic heterocycles. The van der Waals surface area contributed by atoms with Gasteiger partial charge in [-0.15, -0.1) is 12.4 Å². The number of ether oxygens (including phenoxy) is 1. The molecule has 2 heterocycles. The molecular formula is C25H29ClN2O2. The van der Waals surface area contributed by atoms with Gasteiger partial charge < -0.3 is 14.5 Å². The smallest absolute Gasteiger partial charge is 0.226 e. The van der Waals surface area contributed by atoms with E-state index in [9.17, 15) is 0 Å². The van der Waals surface area contributed by atoms with Crippen molar-refractivity contribution in [3.05, 3.63) is 77.2 Å². The number of benzene rings is 2. The van der Waals surface area contributed by atoms with Crippen molar-refractivity contribution in [2.75, 3.05) is 19.7 Å². The van der Waals surface area contributed by atoms with Gasteiger partial charge in [0.25, 0.3) is 0 Å². The Balaban J connectivity index is 0.00000256. The number of nitrogens with one attached hydrogen (secondary N) is 1. The number of nitrogens with zero attached hydrogens (tertiary/aromatic N) is 1. The maximum atomic E-state index is 6.06. The standard InChI is InChI=1S/C25H28N2O2.ClH/c1-3-19-12-14-26-17-23(19)21-10-7-11-22(16-21)28-15-13-24-18(2)29-25(27-24)20-8-5-4-6-9-20;/h4-11,16,26H,3,12-15,17H2,1-2H3;1H. The SMILES string of the molecule is CCC1=C(c2cccc(OCCc3nc(-c4ccccc4)oc3C)c2)CNCC1.Cl. The summed E-state index contributed by atoms with van der Waals surface area (Å²) in [5.74, 6) is 2.43. The maximum Gasteiger partial charge on any atom is 0.226 e. The molecule has 0 bridgehead atoms. The molecule has 0 atom stereocenters. The van der Waals surface area contributed by atoms with Crippen LogP contribution >= 0.6 is 12.4 Å². The van der Waals surface area contributed by atoms with Crippen LogP contribution in [0, 0.1) is 6.92 Å². The van der Waals surface area contributed by atoms with Crippen LogP contribution in [-0.4, -0.2) is 24.7 Å². The Kier molecular flexibility index (Phi) is 7.72. The highest BCUT2D eigenvalue weighted by Crippen LogP contribution is 2.28. The highest BCUT2D eigenvalue weighted by Gasteiger charge is 2.14. The van der Waals surface area contributed by atoms with E-state index < -0.39 is 0 Å². The van der Waals surface area contributed by atoms with Crippen molar-refractivity contribution in [1.29, 1.82) is 0 Å². The lowest BCUT2D eigenvalue weighted by Crippen LogP contribution is -2.24. The van der Waals surface area contributed by atoms with Gasteiger partial charge in [0.15, 0.2) is 0 Å². The van der Waals surface area contributed by atoms with Gasteiger partial charge in [0.1, 0.15) is 11.5 Å². The highest BCUT2D eigenvalue weighted by molar-refractivity contribution is 5.85. The number of oxazole rings is 1. The summed E-state index contributed by atoms with van der Waals surface area (Å²) in [5.41, 5.74) is 6.18. The number of hydrogen-bond donors (Lipinski definition) is 1. The zero-order chi connectivity index (χ0) is 20.1. The van der Waals surface area contributed by atoms with E-state index >= 15 is 0 Å². The molecule has 1 aliphatic rings. The molecule has 0 aliphatic carbocycles. The average molecular weight is 425 g/mol. The molecule has 158 valence electrons. The van der Waals surface area contributed by atoms with Crippen molar-refractivity contribution in [2.45, 2.75) is 33.1 Å². The molecule has 4 nitrogen and oxygen atoms in total. The minimum Gasteiger partial charge on any atom is -0.493 e. The van der Waals surface area contributed by atoms with Crippen LogP contribution in [0.1, 0.15) is 36.8 Å². The first-order valence-electron chi connectivity index (χ1n) is 10.4. The van der Waals surface area contributed by atoms with Crippen LogP contribution in [0.3, 0.4) is 0 Å². The van der Waals surface area contributed by atoms with E-state index in [-0.39, 0.29) is 12.4 Å². The fourth-order valence-electron chi connectivity index (χ4n) is 3.83. The fourth-order valence-corrected chi connectivity index (χ4v) is 3.83. The Morgan fingerprint density at radius 2 is 1.87 bits per heavy atom. The van der Waals surface area contributed by atoms with E-state index in [2.05, 4.69) is 35.4 Å². The Morgan fingerprint density at radius 3 is 2.67 bits per heavy atom. The highest BCUT2D eigenvalue weighted by atomic mass is 35.5. The van der Waals surface area contributed by atoms with Gasteiger partial charge in [-0.1, -0.05) is 42.8 Å². The van der Waals surface area contributed by atoms with E-state index in [0.717, 1.165) is 55.1 Å². The molecule has 5 heteroatoms. The van der Waals surface area contributed by atoms with Gasteiger partial charge in [-0.3, -0.25) is 0 Å². The molecule has 0 spiro atoms. The van der Waals surface area contributed by atoms with Gasteiger partial charge in [-0.2, -0.15) is 0 Å². The number of aryl methyl sites for hydroxylation is 1. The quantitative estimate of drug-likeness (QED) is 0.516. The molecule has 30 heavy (non-hydrogen) atoms. The number of halogens is 1. The largest absolute Gasteiger partial charge is 0.493 e. The Bertz CT molecular complexity index is 995. The average Bonchev–Trinajstić information content (AvgIpc) is 3.15. The first-order valence-corrected chi connectivity index (χ1v) is 10.4. The monoisotopic (exact) mass is 424 g/mol. The number of rotatable bonds is 7. The predicted molar refractivity (Wildman–Crippen MR) is 124 cm³/mol. The third kappa shape index (κ3) is 5.13. The van der Waals surface area contributed by atoms with Crippen molar-refractivity contribution in [3.63, 3.8) is 0 Å². The van der Waals surface area contributed by atoms with E-state index in [0.29, 0.717) is 12.5 Å². The lowest BCUT2D eigenvalue weighted by molar-refractivity contribution is 0.320. The van der Waals surface area contributed by atoms with Crippen LogP contribution in [0.4, 0.5) is 0 Å². The second kappa shape index (κ2) is 10.5. The first kappa shape index (κ1) is 22.1. The number of aromatic nitrogens is 1. The van der Waals surface area contributed by atoms with E-state index in [4.69, 9.17) is 9.15 Å². The molecule has 0 amide bonds. The third-order valence-corrected chi connectivity index (χ3v) is 5.46. The molecular weight excluding hydrogens is 396 g/mol. The van der Waals surface area contributed by atoms with Crippen LogP contribution in [0.5, 0.6) is 5.75 Å². The van der Waals surface area contributed by atoms with E-state index in [1.165, 1.54) is 11.1 Å². The molecule has 0 saturated heterocycles. The molecule has 3 aromatic rings. The molecule has 2 aromatic carbocycles. The Morgan fingerprint density at radius 1 is 1.07 bits per heavy atom. The Hall–Kier alpha value is -2.56. The third-order valence-electron chi connectivity index (χ3n) is 5.46. The van der Waals surface area contributed by atoms with Crippen LogP contribution in [0.25, 0.3) is 17.0 Å². The summed E-state index contributed by atoms with van der Waals surface area (Å²) in [6.45, 7) is 6.79. The summed E-state index contributed by atoms with van der Waals surface area (Å²) in [5, 5.41) is 3.49. The van der Waals surface area contributed by atoms with Crippen molar-refractivity contribution in [1.82, 2.24) is 10.3 Å². The van der Waals surface area contributed by atoms with Gasteiger partial charge >= 0.3 is 0 Å². The fraction of sp³-hybridized carbons (Fsp3) is 0.320. The van der Waals surface area contributed by atoms with Crippen LogP contribution < -0.4 is 10.1 Å². The summed E-state index contributed by atoms with van der Waals surface area (Å²) >= 11 is 0. The second-order valence-electron chi connectivity index (χ2n) is 7.38. The van der Waals surface area contributed by atoms with Crippen molar-refractivity contribution >= 4 is 18.0 Å². The van der Waals surface area contributed by atoms with Crippen LogP contribution in [-0.2, 0) is 6.42 Å². The molecule has 4 rings (SSSR count). The minimum atomic E-state index is 0. The summed E-state index contributed by atoms with van der Waals surface area (Å²) in [7, 11) is 0. The summed E-state index contributed by atoms with van der Waals surface area (Å²) in [4.78, 5) is 4.66. The molecule has 1 aromatic heterocycles. The van der Waals surface area contributed by atoms with Gasteiger partial charge in [-0.25, -0.2) is 4.98 Å². The van der Waals surface area contributed by atoms with Crippen LogP contribution in [0.2, 0.25) is 0 Å². The normalized spacial score (nSPS) is 13.8. The molecule has 1 N–H and O–H groups in total. The van der Waals surface area contributed by atoms with Gasteiger partial charge in [0.05, 0.1) is 12.3 Å². The van der Waals surface area contributed by atoms with Crippen molar-refractivity contribution in [3.8, 4) is 17.2 Å². The topological polar surface area (TPSA) is 47.3 Å². The zero-order valence-electron chi connectivity index (χ0n) is 17.6. The van der Waals surface area contributed by atoms with Gasteiger partial charge in [0, 0.05) is 18.5 Å².